The molecule has 6 nitrogen and oxygen atoms in total. The summed E-state index contributed by atoms with van der Waals surface area (Å²) in [5.74, 6) is -0.980. The van der Waals surface area contributed by atoms with Crippen molar-refractivity contribution in [1.29, 1.82) is 0 Å². The van der Waals surface area contributed by atoms with Gasteiger partial charge in [-0.3, -0.25) is 14.4 Å². The Morgan fingerprint density at radius 1 is 0.897 bits per heavy atom. The number of carbonyl (C=O) groups excluding carboxylic acids is 3. The molecule has 1 saturated heterocycles. The normalized spacial score (nSPS) is 16.7. The molecule has 0 unspecified atom stereocenters. The molecule has 3 amide bonds. The predicted octanol–water partition coefficient (Wildman–Crippen LogP) is 2.70. The molecule has 1 N–H and O–H groups in total. The molecule has 4 rings (SSSR count). The van der Waals surface area contributed by atoms with Crippen LogP contribution < -0.4 is 5.32 Å². The van der Waals surface area contributed by atoms with Crippen molar-refractivity contribution in [3.8, 4) is 0 Å². The van der Waals surface area contributed by atoms with Gasteiger partial charge in [-0.25, -0.2) is 4.39 Å². The third-order valence-electron chi connectivity index (χ3n) is 5.42. The van der Waals surface area contributed by atoms with Gasteiger partial charge in [0.05, 0.1) is 5.56 Å². The average molecular weight is 395 g/mol. The van der Waals surface area contributed by atoms with E-state index in [-0.39, 0.29) is 23.3 Å². The van der Waals surface area contributed by atoms with Gasteiger partial charge in [0.25, 0.3) is 11.8 Å². The molecule has 0 spiro atoms. The third kappa shape index (κ3) is 3.99. The highest BCUT2D eigenvalue weighted by Gasteiger charge is 2.25. The summed E-state index contributed by atoms with van der Waals surface area (Å²) in [7, 11) is 0. The van der Waals surface area contributed by atoms with Gasteiger partial charge >= 0.3 is 0 Å². The van der Waals surface area contributed by atoms with Crippen LogP contribution in [-0.2, 0) is 11.2 Å². The van der Waals surface area contributed by atoms with Gasteiger partial charge in [-0.1, -0.05) is 12.1 Å². The summed E-state index contributed by atoms with van der Waals surface area (Å²) in [5.41, 5.74) is 2.36. The number of anilines is 1. The quantitative estimate of drug-likeness (QED) is 0.850. The first-order valence-electron chi connectivity index (χ1n) is 9.79. The van der Waals surface area contributed by atoms with E-state index in [1.807, 2.05) is 6.07 Å². The van der Waals surface area contributed by atoms with Crippen molar-refractivity contribution in [1.82, 2.24) is 9.80 Å². The van der Waals surface area contributed by atoms with Crippen molar-refractivity contribution in [2.75, 3.05) is 31.5 Å². The molecule has 7 heteroatoms. The fourth-order valence-electron chi connectivity index (χ4n) is 3.83. The number of carbonyl (C=O) groups is 3. The van der Waals surface area contributed by atoms with Crippen LogP contribution in [0.4, 0.5) is 10.1 Å². The van der Waals surface area contributed by atoms with E-state index in [4.69, 9.17) is 0 Å². The van der Waals surface area contributed by atoms with E-state index in [0.717, 1.165) is 11.3 Å². The summed E-state index contributed by atoms with van der Waals surface area (Å²) < 4.78 is 13.9. The minimum Gasteiger partial charge on any atom is -0.337 e. The molecule has 0 radical (unpaired) electrons. The number of benzene rings is 2. The zero-order valence-corrected chi connectivity index (χ0v) is 16.0. The maximum absolute atomic E-state index is 13.9. The zero-order valence-electron chi connectivity index (χ0n) is 16.0. The fourth-order valence-corrected chi connectivity index (χ4v) is 3.83. The topological polar surface area (TPSA) is 69.7 Å². The predicted molar refractivity (Wildman–Crippen MR) is 106 cm³/mol. The lowest BCUT2D eigenvalue weighted by Gasteiger charge is -2.23. The molecule has 2 aliphatic heterocycles. The zero-order chi connectivity index (χ0) is 20.4. The average Bonchev–Trinajstić information content (AvgIpc) is 2.99. The molecule has 2 aromatic rings. The van der Waals surface area contributed by atoms with Crippen LogP contribution in [0.15, 0.2) is 42.5 Å². The maximum atomic E-state index is 13.9. The lowest BCUT2D eigenvalue weighted by atomic mass is 10.00. The molecule has 29 heavy (non-hydrogen) atoms. The Morgan fingerprint density at radius 2 is 1.62 bits per heavy atom. The number of halogens is 1. The number of amides is 3. The smallest absolute Gasteiger partial charge is 0.256 e. The maximum Gasteiger partial charge on any atom is 0.256 e. The Bertz CT molecular complexity index is 976. The fraction of sp³-hybridized carbons (Fsp3) is 0.318. The Morgan fingerprint density at radius 3 is 2.38 bits per heavy atom. The van der Waals surface area contributed by atoms with Crippen LogP contribution in [0.3, 0.4) is 0 Å². The molecule has 0 aromatic heterocycles. The Labute approximate surface area is 168 Å². The van der Waals surface area contributed by atoms with Crippen LogP contribution in [0.1, 0.15) is 39.1 Å². The molecular formula is C22H22FN3O3. The number of nitrogens with zero attached hydrogens (tertiary/aromatic N) is 2. The van der Waals surface area contributed by atoms with Crippen LogP contribution in [-0.4, -0.2) is 53.7 Å². The largest absolute Gasteiger partial charge is 0.337 e. The van der Waals surface area contributed by atoms with Gasteiger partial charge < -0.3 is 15.1 Å². The first-order chi connectivity index (χ1) is 14.0. The summed E-state index contributed by atoms with van der Waals surface area (Å²) in [4.78, 5) is 40.5. The molecule has 1 fully saturated rings. The highest BCUT2D eigenvalue weighted by atomic mass is 19.1. The second-order valence-corrected chi connectivity index (χ2v) is 7.34. The summed E-state index contributed by atoms with van der Waals surface area (Å²) in [6, 6.07) is 11.3. The minimum atomic E-state index is -0.532. The lowest BCUT2D eigenvalue weighted by molar-refractivity contribution is -0.116. The molecule has 2 aliphatic rings. The summed E-state index contributed by atoms with van der Waals surface area (Å²) in [5, 5.41) is 2.82. The Kier molecular flexibility index (Phi) is 5.29. The van der Waals surface area contributed by atoms with Crippen molar-refractivity contribution in [2.24, 2.45) is 0 Å². The molecule has 0 saturated carbocycles. The van der Waals surface area contributed by atoms with E-state index in [1.54, 1.807) is 34.1 Å². The summed E-state index contributed by atoms with van der Waals surface area (Å²) in [6.07, 6.45) is 1.67. The van der Waals surface area contributed by atoms with Gasteiger partial charge in [-0.15, -0.1) is 0 Å². The second kappa shape index (κ2) is 8.03. The molecule has 0 atom stereocenters. The van der Waals surface area contributed by atoms with Gasteiger partial charge in [-0.05, 0) is 48.7 Å². The summed E-state index contributed by atoms with van der Waals surface area (Å²) >= 11 is 0. The van der Waals surface area contributed by atoms with Gasteiger partial charge in [-0.2, -0.15) is 0 Å². The second-order valence-electron chi connectivity index (χ2n) is 7.34. The van der Waals surface area contributed by atoms with E-state index in [0.29, 0.717) is 51.0 Å². The van der Waals surface area contributed by atoms with Crippen LogP contribution in [0.5, 0.6) is 0 Å². The standard InChI is InChI=1S/C22H22FN3O3/c23-18-5-2-1-4-17(18)22(29)26-11-3-10-25(12-13-26)21(28)16-6-8-19-15(14-16)7-9-20(27)24-19/h1-2,4-6,8,14H,3,7,9-13H2,(H,24,27). The highest BCUT2D eigenvalue weighted by Crippen LogP contribution is 2.24. The van der Waals surface area contributed by atoms with Crippen molar-refractivity contribution in [3.05, 3.63) is 65.0 Å². The SMILES string of the molecule is O=C1CCc2cc(C(=O)N3CCCN(C(=O)c4ccccc4F)CC3)ccc2N1. The molecule has 150 valence electrons. The molecule has 2 heterocycles. The first kappa shape index (κ1) is 19.1. The molecular weight excluding hydrogens is 373 g/mol. The molecule has 0 bridgehead atoms. The Hall–Kier alpha value is -3.22. The Balaban J connectivity index is 1.44. The van der Waals surface area contributed by atoms with Crippen LogP contribution in [0.25, 0.3) is 0 Å². The number of fused-ring (bicyclic) bond motifs is 1. The van der Waals surface area contributed by atoms with Crippen molar-refractivity contribution in [2.45, 2.75) is 19.3 Å². The van der Waals surface area contributed by atoms with Crippen LogP contribution in [0.2, 0.25) is 0 Å². The van der Waals surface area contributed by atoms with Gasteiger partial charge in [0.1, 0.15) is 5.82 Å². The van der Waals surface area contributed by atoms with Crippen LogP contribution in [0, 0.1) is 5.82 Å². The van der Waals surface area contributed by atoms with Crippen molar-refractivity contribution >= 4 is 23.4 Å². The number of rotatable bonds is 2. The van der Waals surface area contributed by atoms with E-state index < -0.39 is 5.82 Å². The van der Waals surface area contributed by atoms with Crippen molar-refractivity contribution < 1.29 is 18.8 Å². The van der Waals surface area contributed by atoms with Gasteiger partial charge in [0.2, 0.25) is 5.91 Å². The van der Waals surface area contributed by atoms with Gasteiger partial charge in [0, 0.05) is 43.9 Å². The lowest BCUT2D eigenvalue weighted by Crippen LogP contribution is -2.37. The third-order valence-corrected chi connectivity index (χ3v) is 5.42. The monoisotopic (exact) mass is 395 g/mol. The van der Waals surface area contributed by atoms with Gasteiger partial charge in [0.15, 0.2) is 0 Å². The van der Waals surface area contributed by atoms with E-state index in [9.17, 15) is 18.8 Å². The molecule has 0 aliphatic carbocycles. The number of hydrogen-bond acceptors (Lipinski definition) is 3. The van der Waals surface area contributed by atoms with E-state index in [2.05, 4.69) is 5.32 Å². The molecule has 2 aromatic carbocycles. The number of aryl methyl sites for hydroxylation is 1. The minimum absolute atomic E-state index is 0.0105. The van der Waals surface area contributed by atoms with E-state index in [1.165, 1.54) is 12.1 Å². The highest BCUT2D eigenvalue weighted by molar-refractivity contribution is 5.98. The first-order valence-corrected chi connectivity index (χ1v) is 9.79. The number of hydrogen-bond donors (Lipinski definition) is 1. The van der Waals surface area contributed by atoms with E-state index >= 15 is 0 Å². The van der Waals surface area contributed by atoms with Crippen LogP contribution >= 0.6 is 0 Å². The number of nitrogens with one attached hydrogen (secondary N) is 1. The summed E-state index contributed by atoms with van der Waals surface area (Å²) in [6.45, 7) is 1.77. The van der Waals surface area contributed by atoms with Crippen molar-refractivity contribution in [3.63, 3.8) is 0 Å².